The van der Waals surface area contributed by atoms with Crippen molar-refractivity contribution in [3.63, 3.8) is 0 Å². The summed E-state index contributed by atoms with van der Waals surface area (Å²) in [7, 11) is 0. The van der Waals surface area contributed by atoms with Crippen molar-refractivity contribution >= 4 is 11.8 Å². The van der Waals surface area contributed by atoms with E-state index in [0.717, 1.165) is 12.0 Å². The molecule has 2 amide bonds. The van der Waals surface area contributed by atoms with Gasteiger partial charge in [-0.3, -0.25) is 9.59 Å². The summed E-state index contributed by atoms with van der Waals surface area (Å²) in [6, 6.07) is 13.4. The van der Waals surface area contributed by atoms with Crippen LogP contribution in [-0.2, 0) is 11.2 Å². The summed E-state index contributed by atoms with van der Waals surface area (Å²) >= 11 is 0. The first-order valence-electron chi connectivity index (χ1n) is 7.95. The average Bonchev–Trinajstić information content (AvgIpc) is 3.05. The van der Waals surface area contributed by atoms with Crippen molar-refractivity contribution in [2.75, 3.05) is 13.1 Å². The summed E-state index contributed by atoms with van der Waals surface area (Å²) in [5, 5.41) is 0. The van der Waals surface area contributed by atoms with Gasteiger partial charge in [0.2, 0.25) is 11.8 Å². The third kappa shape index (κ3) is 3.45. The smallest absolute Gasteiger partial charge is 0.248 e. The number of amides is 2. The molecule has 1 saturated heterocycles. The Morgan fingerprint density at radius 3 is 2.71 bits per heavy atom. The Bertz CT molecular complexity index is 775. The predicted octanol–water partition coefficient (Wildman–Crippen LogP) is 2.48. The first-order chi connectivity index (χ1) is 11.5. The largest absolute Gasteiger partial charge is 0.366 e. The highest BCUT2D eigenvalue weighted by Crippen LogP contribution is 2.28. The molecule has 2 N–H and O–H groups in total. The van der Waals surface area contributed by atoms with Gasteiger partial charge < -0.3 is 10.6 Å². The lowest BCUT2D eigenvalue weighted by Crippen LogP contribution is -2.30. The van der Waals surface area contributed by atoms with Gasteiger partial charge in [0, 0.05) is 24.6 Å². The van der Waals surface area contributed by atoms with E-state index in [0.29, 0.717) is 24.2 Å². The number of hydrogen-bond acceptors (Lipinski definition) is 2. The molecule has 1 atom stereocenters. The van der Waals surface area contributed by atoms with Crippen LogP contribution in [0.25, 0.3) is 0 Å². The van der Waals surface area contributed by atoms with Gasteiger partial charge in [0.15, 0.2) is 0 Å². The van der Waals surface area contributed by atoms with Crippen molar-refractivity contribution in [2.24, 2.45) is 5.73 Å². The maximum Gasteiger partial charge on any atom is 0.248 e. The number of likely N-dealkylation sites (tertiary alicyclic amines) is 1. The third-order valence-electron chi connectivity index (χ3n) is 4.49. The first-order valence-corrected chi connectivity index (χ1v) is 7.95. The molecule has 24 heavy (non-hydrogen) atoms. The maximum absolute atomic E-state index is 13.4. The lowest BCUT2D eigenvalue weighted by Gasteiger charge is -2.17. The predicted molar refractivity (Wildman–Crippen MR) is 89.0 cm³/mol. The highest BCUT2D eigenvalue weighted by molar-refractivity contribution is 5.95. The van der Waals surface area contributed by atoms with Crippen molar-refractivity contribution in [2.45, 2.75) is 18.8 Å². The Labute approximate surface area is 140 Å². The summed E-state index contributed by atoms with van der Waals surface area (Å²) < 4.78 is 13.4. The standard InChI is InChI=1S/C19H19FN2O2/c20-16-6-3-5-13(10-16)15-8-9-22(12-15)18(23)11-14-4-1-2-7-17(14)19(21)24/h1-7,10,15H,8-9,11-12H2,(H2,21,24). The molecule has 2 aromatic rings. The zero-order valence-corrected chi connectivity index (χ0v) is 13.2. The molecule has 0 bridgehead atoms. The lowest BCUT2D eigenvalue weighted by molar-refractivity contribution is -0.129. The molecule has 0 aliphatic carbocycles. The van der Waals surface area contributed by atoms with Crippen molar-refractivity contribution in [1.82, 2.24) is 4.90 Å². The minimum Gasteiger partial charge on any atom is -0.366 e. The topological polar surface area (TPSA) is 63.4 Å². The summed E-state index contributed by atoms with van der Waals surface area (Å²) in [6.07, 6.45) is 0.960. The van der Waals surface area contributed by atoms with Crippen LogP contribution in [0, 0.1) is 5.82 Å². The molecular weight excluding hydrogens is 307 g/mol. The van der Waals surface area contributed by atoms with Gasteiger partial charge in [-0.1, -0.05) is 30.3 Å². The van der Waals surface area contributed by atoms with Crippen LogP contribution in [0.5, 0.6) is 0 Å². The molecule has 1 fully saturated rings. The maximum atomic E-state index is 13.4. The molecule has 1 aliphatic rings. The fourth-order valence-corrected chi connectivity index (χ4v) is 3.21. The molecule has 3 rings (SSSR count). The molecular formula is C19H19FN2O2. The Hall–Kier alpha value is -2.69. The van der Waals surface area contributed by atoms with Crippen molar-refractivity contribution in [3.05, 3.63) is 71.0 Å². The third-order valence-corrected chi connectivity index (χ3v) is 4.49. The first kappa shape index (κ1) is 16.2. The van der Waals surface area contributed by atoms with Crippen LogP contribution >= 0.6 is 0 Å². The molecule has 1 aliphatic heterocycles. The van der Waals surface area contributed by atoms with E-state index in [1.165, 1.54) is 12.1 Å². The number of carbonyl (C=O) groups excluding carboxylic acids is 2. The molecule has 2 aromatic carbocycles. The number of carbonyl (C=O) groups is 2. The van der Waals surface area contributed by atoms with Gasteiger partial charge in [-0.05, 0) is 35.7 Å². The lowest BCUT2D eigenvalue weighted by atomic mass is 9.98. The second kappa shape index (κ2) is 6.83. The number of benzene rings is 2. The van der Waals surface area contributed by atoms with Gasteiger partial charge >= 0.3 is 0 Å². The Morgan fingerprint density at radius 2 is 1.96 bits per heavy atom. The molecule has 0 spiro atoms. The van der Waals surface area contributed by atoms with E-state index in [1.54, 1.807) is 35.2 Å². The van der Waals surface area contributed by atoms with Crippen LogP contribution in [0.15, 0.2) is 48.5 Å². The zero-order valence-electron chi connectivity index (χ0n) is 13.2. The Balaban J connectivity index is 1.68. The van der Waals surface area contributed by atoms with Gasteiger partial charge in [0.05, 0.1) is 6.42 Å². The van der Waals surface area contributed by atoms with Gasteiger partial charge in [-0.15, -0.1) is 0 Å². The van der Waals surface area contributed by atoms with Gasteiger partial charge in [-0.25, -0.2) is 4.39 Å². The Morgan fingerprint density at radius 1 is 1.17 bits per heavy atom. The van der Waals surface area contributed by atoms with Crippen LogP contribution < -0.4 is 5.73 Å². The van der Waals surface area contributed by atoms with E-state index in [-0.39, 0.29) is 24.1 Å². The second-order valence-electron chi connectivity index (χ2n) is 6.08. The van der Waals surface area contributed by atoms with E-state index >= 15 is 0 Å². The van der Waals surface area contributed by atoms with Crippen molar-refractivity contribution < 1.29 is 14.0 Å². The number of nitrogens with zero attached hydrogens (tertiary/aromatic N) is 1. The molecule has 0 radical (unpaired) electrons. The van der Waals surface area contributed by atoms with Crippen LogP contribution in [-0.4, -0.2) is 29.8 Å². The van der Waals surface area contributed by atoms with E-state index in [4.69, 9.17) is 5.73 Å². The summed E-state index contributed by atoms with van der Waals surface area (Å²) in [5.41, 5.74) is 7.30. The van der Waals surface area contributed by atoms with Crippen LogP contribution in [0.1, 0.15) is 33.8 Å². The fourth-order valence-electron chi connectivity index (χ4n) is 3.21. The van der Waals surface area contributed by atoms with E-state index < -0.39 is 5.91 Å². The monoisotopic (exact) mass is 326 g/mol. The van der Waals surface area contributed by atoms with Gasteiger partial charge in [0.1, 0.15) is 5.82 Å². The highest BCUT2D eigenvalue weighted by Gasteiger charge is 2.28. The SMILES string of the molecule is NC(=O)c1ccccc1CC(=O)N1CCC(c2cccc(F)c2)C1. The number of halogens is 1. The second-order valence-corrected chi connectivity index (χ2v) is 6.08. The highest BCUT2D eigenvalue weighted by atomic mass is 19.1. The number of nitrogens with two attached hydrogens (primary N) is 1. The summed E-state index contributed by atoms with van der Waals surface area (Å²) in [6.45, 7) is 1.21. The molecule has 1 unspecified atom stereocenters. The number of hydrogen-bond donors (Lipinski definition) is 1. The minimum absolute atomic E-state index is 0.0393. The van der Waals surface area contributed by atoms with Gasteiger partial charge in [0.25, 0.3) is 0 Å². The van der Waals surface area contributed by atoms with E-state index in [9.17, 15) is 14.0 Å². The minimum atomic E-state index is -0.530. The Kier molecular flexibility index (Phi) is 4.60. The normalized spacial score (nSPS) is 17.0. The molecule has 0 aromatic heterocycles. The molecule has 124 valence electrons. The quantitative estimate of drug-likeness (QED) is 0.938. The van der Waals surface area contributed by atoms with Crippen molar-refractivity contribution in [3.8, 4) is 0 Å². The van der Waals surface area contributed by atoms with Crippen LogP contribution in [0.2, 0.25) is 0 Å². The molecule has 1 heterocycles. The van der Waals surface area contributed by atoms with Crippen LogP contribution in [0.3, 0.4) is 0 Å². The van der Waals surface area contributed by atoms with Crippen LogP contribution in [0.4, 0.5) is 4.39 Å². The number of primary amides is 1. The summed E-state index contributed by atoms with van der Waals surface area (Å²) in [4.78, 5) is 25.8. The van der Waals surface area contributed by atoms with E-state index in [1.807, 2.05) is 6.07 Å². The van der Waals surface area contributed by atoms with Gasteiger partial charge in [-0.2, -0.15) is 0 Å². The zero-order chi connectivity index (χ0) is 17.1. The molecule has 0 saturated carbocycles. The molecule has 5 heteroatoms. The fraction of sp³-hybridized carbons (Fsp3) is 0.263. The molecule has 4 nitrogen and oxygen atoms in total. The number of rotatable bonds is 4. The van der Waals surface area contributed by atoms with E-state index in [2.05, 4.69) is 0 Å². The summed E-state index contributed by atoms with van der Waals surface area (Å²) in [5.74, 6) is -0.677. The average molecular weight is 326 g/mol. The van der Waals surface area contributed by atoms with Crippen molar-refractivity contribution in [1.29, 1.82) is 0 Å².